The molecule has 2 aromatic rings. The van der Waals surface area contributed by atoms with Gasteiger partial charge in [0, 0.05) is 23.7 Å². The Balaban J connectivity index is 1.97. The highest BCUT2D eigenvalue weighted by Gasteiger charge is 2.16. The Morgan fingerprint density at radius 2 is 2.19 bits per heavy atom. The predicted molar refractivity (Wildman–Crippen MR) is 63.1 cm³/mol. The minimum absolute atomic E-state index is 0.178. The summed E-state index contributed by atoms with van der Waals surface area (Å²) in [4.78, 5) is 3.33. The highest BCUT2D eigenvalue weighted by molar-refractivity contribution is 5.80. The van der Waals surface area contributed by atoms with Gasteiger partial charge in [0.25, 0.3) is 0 Å². The Kier molecular flexibility index (Phi) is 2.40. The number of rotatable bonds is 1. The molecule has 1 aromatic heterocycles. The van der Waals surface area contributed by atoms with E-state index < -0.39 is 0 Å². The molecule has 0 aliphatic carbocycles. The van der Waals surface area contributed by atoms with E-state index in [4.69, 9.17) is 0 Å². The topological polar surface area (TPSA) is 27.8 Å². The standard InChI is InChI=1S/C13H15FN2/c14-11-4-3-9-6-12(16-13(9)7-11)10-2-1-5-15-8-10/h3-4,6-7,10,15-16H,1-2,5,8H2. The van der Waals surface area contributed by atoms with E-state index in [0.29, 0.717) is 5.92 Å². The lowest BCUT2D eigenvalue weighted by molar-refractivity contribution is 0.456. The second kappa shape index (κ2) is 3.91. The van der Waals surface area contributed by atoms with Crippen LogP contribution >= 0.6 is 0 Å². The smallest absolute Gasteiger partial charge is 0.125 e. The van der Waals surface area contributed by atoms with Gasteiger partial charge in [-0.25, -0.2) is 4.39 Å². The van der Waals surface area contributed by atoms with Gasteiger partial charge in [0.1, 0.15) is 5.82 Å². The summed E-state index contributed by atoms with van der Waals surface area (Å²) in [5, 5.41) is 4.49. The molecule has 3 heteroatoms. The third-order valence-corrected chi connectivity index (χ3v) is 3.34. The molecule has 0 amide bonds. The number of aromatic nitrogens is 1. The molecule has 1 aliphatic heterocycles. The lowest BCUT2D eigenvalue weighted by atomic mass is 9.96. The van der Waals surface area contributed by atoms with E-state index in [9.17, 15) is 4.39 Å². The van der Waals surface area contributed by atoms with Crippen molar-refractivity contribution in [2.24, 2.45) is 0 Å². The van der Waals surface area contributed by atoms with Crippen LogP contribution in [0.15, 0.2) is 24.3 Å². The van der Waals surface area contributed by atoms with E-state index in [2.05, 4.69) is 16.4 Å². The summed E-state index contributed by atoms with van der Waals surface area (Å²) in [6, 6.07) is 7.06. The molecule has 0 bridgehead atoms. The van der Waals surface area contributed by atoms with Crippen molar-refractivity contribution in [2.45, 2.75) is 18.8 Å². The molecule has 1 atom stereocenters. The Morgan fingerprint density at radius 3 is 3.00 bits per heavy atom. The van der Waals surface area contributed by atoms with Gasteiger partial charge in [0.2, 0.25) is 0 Å². The van der Waals surface area contributed by atoms with Crippen LogP contribution in [-0.4, -0.2) is 18.1 Å². The van der Waals surface area contributed by atoms with Gasteiger partial charge in [-0.2, -0.15) is 0 Å². The summed E-state index contributed by atoms with van der Waals surface area (Å²) in [7, 11) is 0. The van der Waals surface area contributed by atoms with Crippen molar-refractivity contribution in [1.82, 2.24) is 10.3 Å². The van der Waals surface area contributed by atoms with E-state index in [1.54, 1.807) is 6.07 Å². The van der Waals surface area contributed by atoms with Gasteiger partial charge in [0.15, 0.2) is 0 Å². The highest BCUT2D eigenvalue weighted by atomic mass is 19.1. The van der Waals surface area contributed by atoms with E-state index in [0.717, 1.165) is 24.0 Å². The summed E-state index contributed by atoms with van der Waals surface area (Å²) in [5.74, 6) is 0.367. The molecule has 2 N–H and O–H groups in total. The number of H-pyrrole nitrogens is 1. The molecule has 1 aromatic carbocycles. The van der Waals surface area contributed by atoms with Crippen molar-refractivity contribution in [2.75, 3.05) is 13.1 Å². The van der Waals surface area contributed by atoms with E-state index >= 15 is 0 Å². The molecule has 0 spiro atoms. The third kappa shape index (κ3) is 1.71. The zero-order chi connectivity index (χ0) is 11.0. The molecule has 1 saturated heterocycles. The number of hydrogen-bond donors (Lipinski definition) is 2. The molecule has 2 heterocycles. The fourth-order valence-corrected chi connectivity index (χ4v) is 2.46. The maximum atomic E-state index is 13.1. The second-order valence-corrected chi connectivity index (χ2v) is 4.50. The summed E-state index contributed by atoms with van der Waals surface area (Å²) in [6.45, 7) is 2.14. The highest BCUT2D eigenvalue weighted by Crippen LogP contribution is 2.26. The van der Waals surface area contributed by atoms with Gasteiger partial charge < -0.3 is 10.3 Å². The minimum atomic E-state index is -0.178. The fraction of sp³-hybridized carbons (Fsp3) is 0.385. The quantitative estimate of drug-likeness (QED) is 0.756. The van der Waals surface area contributed by atoms with Crippen molar-refractivity contribution in [1.29, 1.82) is 0 Å². The first kappa shape index (κ1) is 9.85. The van der Waals surface area contributed by atoms with Crippen LogP contribution in [0, 0.1) is 5.82 Å². The predicted octanol–water partition coefficient (Wildman–Crippen LogP) is 2.77. The van der Waals surface area contributed by atoms with Gasteiger partial charge in [0.05, 0.1) is 0 Å². The largest absolute Gasteiger partial charge is 0.358 e. The van der Waals surface area contributed by atoms with Crippen molar-refractivity contribution in [3.8, 4) is 0 Å². The van der Waals surface area contributed by atoms with Gasteiger partial charge in [-0.05, 0) is 49.0 Å². The number of halogens is 1. The first-order valence-electron chi connectivity index (χ1n) is 5.82. The molecule has 84 valence electrons. The molecule has 3 rings (SSSR count). The molecule has 2 nitrogen and oxygen atoms in total. The van der Waals surface area contributed by atoms with E-state index in [1.807, 2.05) is 6.07 Å². The summed E-state index contributed by atoms with van der Waals surface area (Å²) in [6.07, 6.45) is 2.43. The van der Waals surface area contributed by atoms with Crippen molar-refractivity contribution in [3.63, 3.8) is 0 Å². The van der Waals surface area contributed by atoms with Crippen LogP contribution in [0.2, 0.25) is 0 Å². The van der Waals surface area contributed by atoms with E-state index in [-0.39, 0.29) is 5.82 Å². The average molecular weight is 218 g/mol. The van der Waals surface area contributed by atoms with Gasteiger partial charge in [-0.3, -0.25) is 0 Å². The van der Waals surface area contributed by atoms with Gasteiger partial charge in [-0.15, -0.1) is 0 Å². The first-order valence-corrected chi connectivity index (χ1v) is 5.82. The molecular weight excluding hydrogens is 203 g/mol. The Bertz CT molecular complexity index is 498. The maximum absolute atomic E-state index is 13.1. The van der Waals surface area contributed by atoms with Crippen molar-refractivity contribution >= 4 is 10.9 Å². The Hall–Kier alpha value is -1.35. The summed E-state index contributed by atoms with van der Waals surface area (Å²) >= 11 is 0. The molecule has 0 radical (unpaired) electrons. The SMILES string of the molecule is Fc1ccc2cc(C3CCCNC3)[nH]c2c1. The summed E-state index contributed by atoms with van der Waals surface area (Å²) in [5.41, 5.74) is 2.13. The number of benzene rings is 1. The molecule has 1 aliphatic rings. The van der Waals surface area contributed by atoms with Crippen LogP contribution in [0.5, 0.6) is 0 Å². The third-order valence-electron chi connectivity index (χ3n) is 3.34. The molecular formula is C13H15FN2. The van der Waals surface area contributed by atoms with Crippen LogP contribution in [0.4, 0.5) is 4.39 Å². The maximum Gasteiger partial charge on any atom is 0.125 e. The molecule has 1 unspecified atom stereocenters. The number of nitrogens with one attached hydrogen (secondary N) is 2. The Labute approximate surface area is 93.9 Å². The van der Waals surface area contributed by atoms with Gasteiger partial charge >= 0.3 is 0 Å². The first-order chi connectivity index (χ1) is 7.83. The molecule has 16 heavy (non-hydrogen) atoms. The van der Waals surface area contributed by atoms with Crippen LogP contribution in [0.1, 0.15) is 24.5 Å². The van der Waals surface area contributed by atoms with E-state index in [1.165, 1.54) is 24.6 Å². The van der Waals surface area contributed by atoms with Crippen LogP contribution in [0.3, 0.4) is 0 Å². The molecule has 1 fully saturated rings. The minimum Gasteiger partial charge on any atom is -0.358 e. The van der Waals surface area contributed by atoms with Crippen LogP contribution in [0.25, 0.3) is 10.9 Å². The van der Waals surface area contributed by atoms with Crippen LogP contribution in [-0.2, 0) is 0 Å². The lowest BCUT2D eigenvalue weighted by Gasteiger charge is -2.21. The number of hydrogen-bond acceptors (Lipinski definition) is 1. The van der Waals surface area contributed by atoms with Crippen molar-refractivity contribution < 1.29 is 4.39 Å². The number of fused-ring (bicyclic) bond motifs is 1. The van der Waals surface area contributed by atoms with Crippen molar-refractivity contribution in [3.05, 3.63) is 35.8 Å². The normalized spacial score (nSPS) is 21.4. The second-order valence-electron chi connectivity index (χ2n) is 4.50. The fourth-order valence-electron chi connectivity index (χ4n) is 2.46. The van der Waals surface area contributed by atoms with Gasteiger partial charge in [-0.1, -0.05) is 0 Å². The zero-order valence-electron chi connectivity index (χ0n) is 9.09. The molecule has 0 saturated carbocycles. The number of aromatic amines is 1. The monoisotopic (exact) mass is 218 g/mol. The average Bonchev–Trinajstić information content (AvgIpc) is 2.73. The lowest BCUT2D eigenvalue weighted by Crippen LogP contribution is -2.28. The van der Waals surface area contributed by atoms with Crippen LogP contribution < -0.4 is 5.32 Å². The Morgan fingerprint density at radius 1 is 1.25 bits per heavy atom. The zero-order valence-corrected chi connectivity index (χ0v) is 9.09. The summed E-state index contributed by atoms with van der Waals surface area (Å²) < 4.78 is 13.1. The number of piperidine rings is 1.